The average Bonchev–Trinajstić information content (AvgIpc) is 3.37. The molecule has 0 aliphatic carbocycles. The van der Waals surface area contributed by atoms with Gasteiger partial charge in [-0.15, -0.1) is 0 Å². The zero-order valence-corrected chi connectivity index (χ0v) is 22.1. The van der Waals surface area contributed by atoms with Gasteiger partial charge in [-0.3, -0.25) is 4.79 Å². The van der Waals surface area contributed by atoms with Crippen molar-refractivity contribution in [3.63, 3.8) is 0 Å². The van der Waals surface area contributed by atoms with Crippen LogP contribution < -0.4 is 15.4 Å². The molecule has 0 aliphatic heterocycles. The molecule has 3 rings (SSSR count). The average molecular weight is 513 g/mol. The van der Waals surface area contributed by atoms with Crippen LogP contribution in [0.4, 0.5) is 17.3 Å². The van der Waals surface area contributed by atoms with E-state index in [0.717, 1.165) is 18.5 Å². The smallest absolute Gasteiger partial charge is 0.305 e. The van der Waals surface area contributed by atoms with E-state index in [-0.39, 0.29) is 23.9 Å². The normalized spacial score (nSPS) is 11.0. The van der Waals surface area contributed by atoms with Crippen LogP contribution in [-0.4, -0.2) is 46.5 Å². The van der Waals surface area contributed by atoms with Crippen molar-refractivity contribution in [2.24, 2.45) is 0 Å². The van der Waals surface area contributed by atoms with Crippen LogP contribution in [0, 0.1) is 0 Å². The molecule has 2 aromatic heterocycles. The topological polar surface area (TPSA) is 124 Å². The second-order valence-corrected chi connectivity index (χ2v) is 9.09. The Hall–Kier alpha value is -3.43. The van der Waals surface area contributed by atoms with Crippen LogP contribution in [0.2, 0.25) is 0 Å². The van der Waals surface area contributed by atoms with Gasteiger partial charge in [0.05, 0.1) is 19.3 Å². The Morgan fingerprint density at radius 2 is 1.49 bits per heavy atom. The molecule has 0 fully saturated rings. The summed E-state index contributed by atoms with van der Waals surface area (Å²) in [5.74, 6) is 1.35. The first-order chi connectivity index (χ1) is 18.2. The molecule has 0 saturated heterocycles. The van der Waals surface area contributed by atoms with Crippen LogP contribution in [0.1, 0.15) is 84.0 Å². The Morgan fingerprint density at radius 3 is 2.16 bits per heavy atom. The highest BCUT2D eigenvalue weighted by atomic mass is 16.6. The van der Waals surface area contributed by atoms with Crippen molar-refractivity contribution in [1.29, 1.82) is 0 Å². The molecule has 0 amide bonds. The van der Waals surface area contributed by atoms with Crippen LogP contribution in [0.25, 0.3) is 11.3 Å². The van der Waals surface area contributed by atoms with Crippen molar-refractivity contribution >= 4 is 34.6 Å². The highest BCUT2D eigenvalue weighted by Crippen LogP contribution is 2.29. The minimum atomic E-state index is -0.174. The molecule has 202 valence electrons. The minimum Gasteiger partial charge on any atom is -0.495 e. The van der Waals surface area contributed by atoms with Crippen LogP contribution in [-0.2, 0) is 9.53 Å². The third-order valence-electron chi connectivity index (χ3n) is 6.12. The first-order valence-corrected chi connectivity index (χ1v) is 13.5. The number of carbonyl (C=O) groups is 1. The number of methoxy groups -OCH3 is 1. The summed E-state index contributed by atoms with van der Waals surface area (Å²) in [6, 6.07) is 7.47. The summed E-state index contributed by atoms with van der Waals surface area (Å²) in [6.07, 6.45) is 14.2. The number of benzene rings is 1. The van der Waals surface area contributed by atoms with Crippen molar-refractivity contribution in [3.05, 3.63) is 24.3 Å². The molecule has 0 radical (unpaired) electrons. The van der Waals surface area contributed by atoms with Gasteiger partial charge in [0.15, 0.2) is 11.6 Å². The molecule has 1 aromatic carbocycles. The lowest BCUT2D eigenvalue weighted by molar-refractivity contribution is -0.143. The lowest BCUT2D eigenvalue weighted by atomic mass is 10.1. The van der Waals surface area contributed by atoms with Crippen molar-refractivity contribution in [3.8, 4) is 5.75 Å². The van der Waals surface area contributed by atoms with Crippen LogP contribution in [0.15, 0.2) is 28.9 Å². The molecule has 37 heavy (non-hydrogen) atoms. The second-order valence-electron chi connectivity index (χ2n) is 9.09. The Bertz CT molecular complexity index is 1070. The molecule has 0 aliphatic rings. The summed E-state index contributed by atoms with van der Waals surface area (Å²) in [5, 5.41) is 13.9. The van der Waals surface area contributed by atoms with Gasteiger partial charge in [0.1, 0.15) is 12.4 Å². The van der Waals surface area contributed by atoms with Gasteiger partial charge in [0.25, 0.3) is 0 Å². The molecule has 0 atom stereocenters. The number of esters is 1. The molecular formula is C27H40N6O4. The maximum Gasteiger partial charge on any atom is 0.305 e. The number of rotatable bonds is 19. The fourth-order valence-corrected chi connectivity index (χ4v) is 4.06. The monoisotopic (exact) mass is 512 g/mol. The van der Waals surface area contributed by atoms with E-state index in [1.807, 2.05) is 24.3 Å². The Morgan fingerprint density at radius 1 is 0.865 bits per heavy atom. The number of hydrogen-bond donors (Lipinski definition) is 2. The molecule has 10 heteroatoms. The summed E-state index contributed by atoms with van der Waals surface area (Å²) in [4.78, 5) is 21.0. The maximum atomic E-state index is 12.1. The Balaban J connectivity index is 1.34. The van der Waals surface area contributed by atoms with Gasteiger partial charge < -0.3 is 20.1 Å². The van der Waals surface area contributed by atoms with Crippen molar-refractivity contribution in [1.82, 2.24) is 20.3 Å². The fourth-order valence-electron chi connectivity index (χ4n) is 4.06. The van der Waals surface area contributed by atoms with Crippen molar-refractivity contribution in [2.75, 3.05) is 30.9 Å². The molecule has 0 unspecified atom stereocenters. The van der Waals surface area contributed by atoms with Crippen LogP contribution >= 0.6 is 0 Å². The first kappa shape index (κ1) is 28.1. The Kier molecular flexibility index (Phi) is 12.4. The second kappa shape index (κ2) is 16.3. The largest absolute Gasteiger partial charge is 0.495 e. The summed E-state index contributed by atoms with van der Waals surface area (Å²) < 4.78 is 15.5. The molecule has 0 bridgehead atoms. The minimum absolute atomic E-state index is 0.174. The predicted octanol–water partition coefficient (Wildman–Crippen LogP) is 6.42. The van der Waals surface area contributed by atoms with Gasteiger partial charge in [-0.2, -0.15) is 0 Å². The maximum absolute atomic E-state index is 12.1. The van der Waals surface area contributed by atoms with E-state index in [1.165, 1.54) is 57.8 Å². The molecule has 0 saturated carbocycles. The zero-order chi connectivity index (χ0) is 26.1. The molecule has 3 aromatic rings. The van der Waals surface area contributed by atoms with Crippen molar-refractivity contribution < 1.29 is 18.9 Å². The highest BCUT2D eigenvalue weighted by molar-refractivity contribution is 5.77. The number of nitrogens with one attached hydrogen (secondary N) is 2. The predicted molar refractivity (Wildman–Crippen MR) is 144 cm³/mol. The quantitative estimate of drug-likeness (QED) is 0.137. The van der Waals surface area contributed by atoms with Gasteiger partial charge in [0, 0.05) is 6.42 Å². The third-order valence-corrected chi connectivity index (χ3v) is 6.12. The summed E-state index contributed by atoms with van der Waals surface area (Å²) >= 11 is 0. The van der Waals surface area contributed by atoms with Gasteiger partial charge in [0.2, 0.25) is 11.3 Å². The van der Waals surface area contributed by atoms with E-state index < -0.39 is 0 Å². The van der Waals surface area contributed by atoms with E-state index in [2.05, 4.69) is 37.8 Å². The lowest BCUT2D eigenvalue weighted by Gasteiger charge is -2.14. The van der Waals surface area contributed by atoms with Gasteiger partial charge >= 0.3 is 5.97 Å². The summed E-state index contributed by atoms with van der Waals surface area (Å²) in [7, 11) is 1.60. The number of carbonyl (C=O) groups excluding carboxylic acids is 1. The molecule has 10 nitrogen and oxygen atoms in total. The van der Waals surface area contributed by atoms with Crippen LogP contribution in [0.3, 0.4) is 0 Å². The van der Waals surface area contributed by atoms with Gasteiger partial charge in [-0.25, -0.2) is 14.6 Å². The number of unbranched alkanes of at least 4 members (excludes halogenated alkanes) is 10. The first-order valence-electron chi connectivity index (χ1n) is 13.5. The molecule has 2 N–H and O–H groups in total. The van der Waals surface area contributed by atoms with E-state index in [1.54, 1.807) is 7.11 Å². The fraction of sp³-hybridized carbons (Fsp3) is 0.593. The number of nitrogens with zero attached hydrogens (tertiary/aromatic N) is 4. The number of hydrogen-bond acceptors (Lipinski definition) is 10. The lowest BCUT2D eigenvalue weighted by Crippen LogP contribution is -2.15. The van der Waals surface area contributed by atoms with Gasteiger partial charge in [-0.05, 0) is 28.9 Å². The number of aromatic nitrogens is 4. The Labute approximate surface area is 218 Å². The van der Waals surface area contributed by atoms with E-state index in [4.69, 9.17) is 14.1 Å². The number of para-hydroxylation sites is 2. The van der Waals surface area contributed by atoms with Crippen molar-refractivity contribution in [2.45, 2.75) is 84.0 Å². The van der Waals surface area contributed by atoms with E-state index in [0.29, 0.717) is 30.4 Å². The SMILES string of the molecule is CCCCCCCCCCCCCC(=O)OCCNc1nc2nonc2nc1Nc1ccccc1OC. The number of ether oxygens (including phenoxy) is 2. The molecular weight excluding hydrogens is 472 g/mol. The number of fused-ring (bicyclic) bond motifs is 1. The van der Waals surface area contributed by atoms with E-state index >= 15 is 0 Å². The third kappa shape index (κ3) is 9.86. The van der Waals surface area contributed by atoms with Gasteiger partial charge in [-0.1, -0.05) is 83.3 Å². The summed E-state index contributed by atoms with van der Waals surface area (Å²) in [6.45, 7) is 2.84. The van der Waals surface area contributed by atoms with Crippen LogP contribution in [0.5, 0.6) is 5.75 Å². The zero-order valence-electron chi connectivity index (χ0n) is 22.1. The van der Waals surface area contributed by atoms with E-state index in [9.17, 15) is 4.79 Å². The molecule has 0 spiro atoms. The highest BCUT2D eigenvalue weighted by Gasteiger charge is 2.14. The standard InChI is InChI=1S/C27H40N6O4/c1-3-4-5-6-7-8-9-10-11-12-13-18-23(34)36-20-19-28-24-25(31-27-26(30-24)32-37-33-27)29-21-16-14-15-17-22(21)35-2/h14-17H,3-13,18-20H2,1-2H3,(H,28,30,32)(H,29,31,33). The number of anilines is 3. The summed E-state index contributed by atoms with van der Waals surface area (Å²) in [5.41, 5.74) is 1.28. The molecule has 2 heterocycles.